The van der Waals surface area contributed by atoms with E-state index in [-0.39, 0.29) is 18.9 Å². The minimum absolute atomic E-state index is 0.0807. The largest absolute Gasteiger partial charge is 0.491 e. The summed E-state index contributed by atoms with van der Waals surface area (Å²) in [6, 6.07) is 4.59. The van der Waals surface area contributed by atoms with Gasteiger partial charge in [-0.2, -0.15) is 13.2 Å². The van der Waals surface area contributed by atoms with Gasteiger partial charge in [0.15, 0.2) is 0 Å². The third-order valence-corrected chi connectivity index (χ3v) is 4.05. The maximum absolute atomic E-state index is 12.6. The number of ether oxygens (including phenoxy) is 1. The van der Waals surface area contributed by atoms with E-state index >= 15 is 0 Å². The Hall–Kier alpha value is -1.64. The van der Waals surface area contributed by atoms with Gasteiger partial charge in [-0.25, -0.2) is 4.98 Å². The van der Waals surface area contributed by atoms with E-state index in [1.807, 2.05) is 6.92 Å². The lowest BCUT2D eigenvalue weighted by molar-refractivity contribution is -0.137. The highest BCUT2D eigenvalue weighted by molar-refractivity contribution is 7.09. The Kier molecular flexibility index (Phi) is 5.97. The monoisotopic (exact) mass is 346 g/mol. The van der Waals surface area contributed by atoms with Gasteiger partial charge in [-0.05, 0) is 25.1 Å². The first-order chi connectivity index (χ1) is 10.9. The summed E-state index contributed by atoms with van der Waals surface area (Å²) >= 11 is 1.52. The standard InChI is InChI=1S/C15H17F3N2O2S/c1-10-14(23-9-20-10)7-19-6-12(21)8-22-13-4-2-3-11(5-13)15(16,17)18/h2-5,9,12,19,21H,6-8H2,1H3. The second-order valence-electron chi connectivity index (χ2n) is 4.98. The van der Waals surface area contributed by atoms with Gasteiger partial charge in [0.25, 0.3) is 0 Å². The average molecular weight is 346 g/mol. The first-order valence-corrected chi connectivity index (χ1v) is 7.82. The topological polar surface area (TPSA) is 54.4 Å². The normalized spacial score (nSPS) is 13.1. The zero-order chi connectivity index (χ0) is 16.9. The van der Waals surface area contributed by atoms with Crippen molar-refractivity contribution in [3.05, 3.63) is 45.9 Å². The Morgan fingerprint density at radius 3 is 2.83 bits per heavy atom. The van der Waals surface area contributed by atoms with Crippen molar-refractivity contribution in [2.75, 3.05) is 13.2 Å². The molecule has 1 aromatic heterocycles. The number of aliphatic hydroxyl groups excluding tert-OH is 1. The lowest BCUT2D eigenvalue weighted by Gasteiger charge is -2.14. The van der Waals surface area contributed by atoms with Gasteiger partial charge in [0.05, 0.1) is 16.8 Å². The quantitative estimate of drug-likeness (QED) is 0.809. The highest BCUT2D eigenvalue weighted by atomic mass is 32.1. The fraction of sp³-hybridized carbons (Fsp3) is 0.400. The number of rotatable bonds is 7. The van der Waals surface area contributed by atoms with Gasteiger partial charge >= 0.3 is 6.18 Å². The molecule has 0 aliphatic heterocycles. The van der Waals surface area contributed by atoms with Crippen LogP contribution in [-0.2, 0) is 12.7 Å². The number of benzene rings is 1. The molecule has 0 aliphatic carbocycles. The second kappa shape index (κ2) is 7.76. The van der Waals surface area contributed by atoms with E-state index in [9.17, 15) is 18.3 Å². The van der Waals surface area contributed by atoms with Crippen LogP contribution in [0.1, 0.15) is 16.1 Å². The molecule has 0 saturated heterocycles. The number of aryl methyl sites for hydroxylation is 1. The van der Waals surface area contributed by atoms with Gasteiger partial charge in [0.1, 0.15) is 18.5 Å². The molecule has 0 fully saturated rings. The average Bonchev–Trinajstić information content (AvgIpc) is 2.90. The maximum atomic E-state index is 12.6. The van der Waals surface area contributed by atoms with Crippen LogP contribution in [0.2, 0.25) is 0 Å². The fourth-order valence-electron chi connectivity index (χ4n) is 1.86. The van der Waals surface area contributed by atoms with E-state index in [1.165, 1.54) is 23.5 Å². The van der Waals surface area contributed by atoms with Gasteiger partial charge in [0, 0.05) is 18.0 Å². The van der Waals surface area contributed by atoms with Crippen LogP contribution in [0.5, 0.6) is 5.75 Å². The minimum atomic E-state index is -4.41. The van der Waals surface area contributed by atoms with Gasteiger partial charge in [-0.3, -0.25) is 0 Å². The van der Waals surface area contributed by atoms with Crippen LogP contribution in [0.25, 0.3) is 0 Å². The van der Waals surface area contributed by atoms with Crippen molar-refractivity contribution < 1.29 is 23.0 Å². The number of hydrogen-bond acceptors (Lipinski definition) is 5. The molecule has 4 nitrogen and oxygen atoms in total. The minimum Gasteiger partial charge on any atom is -0.491 e. The molecule has 8 heteroatoms. The van der Waals surface area contributed by atoms with Gasteiger partial charge in [-0.1, -0.05) is 6.07 Å². The van der Waals surface area contributed by atoms with Crippen LogP contribution in [0.3, 0.4) is 0 Å². The second-order valence-corrected chi connectivity index (χ2v) is 5.92. The molecule has 2 N–H and O–H groups in total. The molecule has 1 heterocycles. The highest BCUT2D eigenvalue weighted by Gasteiger charge is 2.30. The summed E-state index contributed by atoms with van der Waals surface area (Å²) in [5, 5.41) is 12.9. The molecule has 2 rings (SSSR count). The maximum Gasteiger partial charge on any atom is 0.416 e. The summed E-state index contributed by atoms with van der Waals surface area (Å²) < 4.78 is 43.0. The number of nitrogens with one attached hydrogen (secondary N) is 1. The third-order valence-electron chi connectivity index (χ3n) is 3.11. The smallest absolute Gasteiger partial charge is 0.416 e. The van der Waals surface area contributed by atoms with Crippen LogP contribution in [0, 0.1) is 6.92 Å². The molecule has 1 aromatic carbocycles. The van der Waals surface area contributed by atoms with Crippen molar-refractivity contribution >= 4 is 11.3 Å². The predicted octanol–water partition coefficient (Wildman–Crippen LogP) is 3.00. The van der Waals surface area contributed by atoms with Crippen molar-refractivity contribution in [3.63, 3.8) is 0 Å². The van der Waals surface area contributed by atoms with Crippen LogP contribution in [-0.4, -0.2) is 29.3 Å². The van der Waals surface area contributed by atoms with Gasteiger partial charge in [-0.15, -0.1) is 11.3 Å². The Bertz CT molecular complexity index is 631. The first kappa shape index (κ1) is 17.7. The third kappa shape index (κ3) is 5.49. The van der Waals surface area contributed by atoms with Crippen molar-refractivity contribution in [2.45, 2.75) is 25.7 Å². The van der Waals surface area contributed by atoms with Crippen LogP contribution in [0.15, 0.2) is 29.8 Å². The Balaban J connectivity index is 1.76. The number of thiazole rings is 1. The van der Waals surface area contributed by atoms with Crippen LogP contribution < -0.4 is 10.1 Å². The Morgan fingerprint density at radius 2 is 2.17 bits per heavy atom. The van der Waals surface area contributed by atoms with Crippen molar-refractivity contribution in [1.82, 2.24) is 10.3 Å². The van der Waals surface area contributed by atoms with Crippen molar-refractivity contribution in [3.8, 4) is 5.75 Å². The SMILES string of the molecule is Cc1ncsc1CNCC(O)COc1cccc(C(F)(F)F)c1. The summed E-state index contributed by atoms with van der Waals surface area (Å²) in [7, 11) is 0. The molecule has 0 radical (unpaired) electrons. The molecular formula is C15H17F3N2O2S. The lowest BCUT2D eigenvalue weighted by Crippen LogP contribution is -2.31. The number of halogens is 3. The molecule has 0 aliphatic rings. The molecule has 23 heavy (non-hydrogen) atoms. The van der Waals surface area contributed by atoms with E-state index in [0.29, 0.717) is 6.54 Å². The number of alkyl halides is 3. The molecule has 1 unspecified atom stereocenters. The van der Waals surface area contributed by atoms with Crippen molar-refractivity contribution in [1.29, 1.82) is 0 Å². The first-order valence-electron chi connectivity index (χ1n) is 6.94. The van der Waals surface area contributed by atoms with E-state index in [1.54, 1.807) is 5.51 Å². The van der Waals surface area contributed by atoms with E-state index in [2.05, 4.69) is 10.3 Å². The predicted molar refractivity (Wildman–Crippen MR) is 81.5 cm³/mol. The van der Waals surface area contributed by atoms with E-state index in [0.717, 1.165) is 22.7 Å². The molecule has 0 saturated carbocycles. The lowest BCUT2D eigenvalue weighted by atomic mass is 10.2. The molecule has 2 aromatic rings. The number of aromatic nitrogens is 1. The zero-order valence-electron chi connectivity index (χ0n) is 12.4. The fourth-order valence-corrected chi connectivity index (χ4v) is 2.61. The Morgan fingerprint density at radius 1 is 1.39 bits per heavy atom. The molecule has 0 bridgehead atoms. The number of aliphatic hydroxyl groups is 1. The van der Waals surface area contributed by atoms with E-state index < -0.39 is 17.8 Å². The number of nitrogens with zero attached hydrogens (tertiary/aromatic N) is 1. The van der Waals surface area contributed by atoms with Crippen LogP contribution >= 0.6 is 11.3 Å². The summed E-state index contributed by atoms with van der Waals surface area (Å²) in [5.41, 5.74) is 1.92. The summed E-state index contributed by atoms with van der Waals surface area (Å²) in [6.07, 6.45) is -5.23. The summed E-state index contributed by atoms with van der Waals surface area (Å²) in [5.74, 6) is 0.0807. The molecular weight excluding hydrogens is 329 g/mol. The summed E-state index contributed by atoms with van der Waals surface area (Å²) in [4.78, 5) is 5.20. The molecule has 0 amide bonds. The molecule has 126 valence electrons. The van der Waals surface area contributed by atoms with E-state index in [4.69, 9.17) is 4.74 Å². The molecule has 1 atom stereocenters. The zero-order valence-corrected chi connectivity index (χ0v) is 13.2. The van der Waals surface area contributed by atoms with Gasteiger partial charge in [0.2, 0.25) is 0 Å². The Labute approximate surface area is 135 Å². The molecule has 0 spiro atoms. The highest BCUT2D eigenvalue weighted by Crippen LogP contribution is 2.31. The van der Waals surface area contributed by atoms with Gasteiger partial charge < -0.3 is 15.2 Å². The summed E-state index contributed by atoms with van der Waals surface area (Å²) in [6.45, 7) is 2.67. The van der Waals surface area contributed by atoms with Crippen LogP contribution in [0.4, 0.5) is 13.2 Å². The number of hydrogen-bond donors (Lipinski definition) is 2. The van der Waals surface area contributed by atoms with Crippen molar-refractivity contribution in [2.24, 2.45) is 0 Å².